The Labute approximate surface area is 170 Å². The number of nitrogens with one attached hydrogen (secondary N) is 1. The molecule has 154 valence electrons. The highest BCUT2D eigenvalue weighted by atomic mass is 32.2. The van der Waals surface area contributed by atoms with Gasteiger partial charge in [-0.3, -0.25) is 14.5 Å². The first-order valence-corrected chi connectivity index (χ1v) is 9.87. The van der Waals surface area contributed by atoms with Crippen LogP contribution in [-0.4, -0.2) is 55.2 Å². The molecule has 0 spiro atoms. The molecule has 10 heteroatoms. The summed E-state index contributed by atoms with van der Waals surface area (Å²) in [7, 11) is 0. The van der Waals surface area contributed by atoms with Crippen molar-refractivity contribution in [1.29, 1.82) is 0 Å². The molecule has 1 aromatic carbocycles. The van der Waals surface area contributed by atoms with Crippen LogP contribution in [0.5, 0.6) is 5.75 Å². The maximum atomic E-state index is 12.6. The maximum absolute atomic E-state index is 12.6. The van der Waals surface area contributed by atoms with Gasteiger partial charge in [-0.15, -0.1) is 11.8 Å². The second kappa shape index (κ2) is 8.27. The molecular weight excluding hydrogens is 398 g/mol. The zero-order valence-corrected chi connectivity index (χ0v) is 16.3. The second-order valence-electron chi connectivity index (χ2n) is 6.60. The lowest BCUT2D eigenvalue weighted by atomic mass is 10.0. The van der Waals surface area contributed by atoms with Gasteiger partial charge in [0.25, 0.3) is 5.91 Å². The number of aliphatic hydroxyl groups is 1. The Kier molecular flexibility index (Phi) is 5.96. The standard InChI is InChI=1S/C19H21N3O6S/c1-2-3-11-8-29-18-14(17(26)22(18)15(11)19(27)28)21-16(25)13(20)9-4-5-10(7-23)12(24)6-9/h2-6,13-14,18,23-24H,7-8,20H2,1H3,(H,21,25)(H,27,28)/b3-2-/t13-,14?,18+/m1/s1. The summed E-state index contributed by atoms with van der Waals surface area (Å²) < 4.78 is 0. The number of aliphatic hydroxyl groups excluding tert-OH is 1. The molecule has 0 saturated carbocycles. The molecule has 2 aliphatic rings. The van der Waals surface area contributed by atoms with Crippen LogP contribution in [0.4, 0.5) is 0 Å². The molecule has 6 N–H and O–H groups in total. The van der Waals surface area contributed by atoms with Crippen molar-refractivity contribution in [3.05, 3.63) is 52.7 Å². The van der Waals surface area contributed by atoms with E-state index in [9.17, 15) is 24.6 Å². The lowest BCUT2D eigenvalue weighted by molar-refractivity contribution is -0.150. The zero-order valence-electron chi connectivity index (χ0n) is 15.5. The van der Waals surface area contributed by atoms with Gasteiger partial charge in [0.05, 0.1) is 6.61 Å². The normalized spacial score (nSPS) is 22.3. The van der Waals surface area contributed by atoms with E-state index >= 15 is 0 Å². The maximum Gasteiger partial charge on any atom is 0.352 e. The number of carbonyl (C=O) groups excluding carboxylic acids is 2. The number of fused-ring (bicyclic) bond motifs is 1. The van der Waals surface area contributed by atoms with Gasteiger partial charge in [0.1, 0.15) is 28.9 Å². The summed E-state index contributed by atoms with van der Waals surface area (Å²) in [4.78, 5) is 37.9. The molecule has 2 heterocycles. The monoisotopic (exact) mass is 419 g/mol. The van der Waals surface area contributed by atoms with E-state index < -0.39 is 35.2 Å². The molecular formula is C19H21N3O6S. The number of thioether (sulfide) groups is 1. The number of benzene rings is 1. The molecule has 3 atom stereocenters. The molecule has 0 bridgehead atoms. The Morgan fingerprint density at radius 2 is 2.17 bits per heavy atom. The highest BCUT2D eigenvalue weighted by molar-refractivity contribution is 8.00. The lowest BCUT2D eigenvalue weighted by Crippen LogP contribution is -2.71. The number of aliphatic carboxylic acids is 1. The van der Waals surface area contributed by atoms with Gasteiger partial charge in [-0.1, -0.05) is 24.3 Å². The van der Waals surface area contributed by atoms with Crippen molar-refractivity contribution in [3.8, 4) is 5.75 Å². The summed E-state index contributed by atoms with van der Waals surface area (Å²) in [6.07, 6.45) is 3.36. The van der Waals surface area contributed by atoms with E-state index in [0.29, 0.717) is 22.5 Å². The van der Waals surface area contributed by atoms with Gasteiger partial charge in [0.2, 0.25) is 5.91 Å². The number of rotatable bonds is 6. The van der Waals surface area contributed by atoms with Crippen molar-refractivity contribution in [2.24, 2.45) is 5.73 Å². The first-order valence-electron chi connectivity index (χ1n) is 8.82. The fourth-order valence-electron chi connectivity index (χ4n) is 3.27. The van der Waals surface area contributed by atoms with E-state index in [1.807, 2.05) is 0 Å². The number of allylic oxidation sites excluding steroid dienone is 2. The fourth-order valence-corrected chi connectivity index (χ4v) is 4.59. The van der Waals surface area contributed by atoms with E-state index in [-0.39, 0.29) is 18.1 Å². The van der Waals surface area contributed by atoms with Crippen molar-refractivity contribution in [2.75, 3.05) is 5.75 Å². The third kappa shape index (κ3) is 3.74. The van der Waals surface area contributed by atoms with Crippen molar-refractivity contribution in [1.82, 2.24) is 10.2 Å². The van der Waals surface area contributed by atoms with Crippen molar-refractivity contribution in [2.45, 2.75) is 31.0 Å². The Balaban J connectivity index is 1.74. The summed E-state index contributed by atoms with van der Waals surface area (Å²) in [5.74, 6) is -2.12. The van der Waals surface area contributed by atoms with E-state index in [1.54, 1.807) is 19.1 Å². The minimum absolute atomic E-state index is 0.0730. The number of nitrogens with two attached hydrogens (primary N) is 1. The topological polar surface area (TPSA) is 153 Å². The molecule has 0 aromatic heterocycles. The summed E-state index contributed by atoms with van der Waals surface area (Å²) in [6, 6.07) is 2.23. The second-order valence-corrected chi connectivity index (χ2v) is 7.70. The zero-order chi connectivity index (χ0) is 21.3. The minimum Gasteiger partial charge on any atom is -0.508 e. The average Bonchev–Trinajstić information content (AvgIpc) is 2.70. The highest BCUT2D eigenvalue weighted by Crippen LogP contribution is 2.40. The van der Waals surface area contributed by atoms with Gasteiger partial charge in [0.15, 0.2) is 0 Å². The SMILES string of the molecule is C/C=C\C1=C(C(=O)O)N2C(=O)C(NC(=O)[C@H](N)c3ccc(CO)c(O)c3)[C@@H]2SC1. The van der Waals surface area contributed by atoms with Crippen molar-refractivity contribution < 1.29 is 29.7 Å². The number of carboxylic acid groups (broad SMARTS) is 1. The number of hydrogen-bond donors (Lipinski definition) is 5. The molecule has 1 fully saturated rings. The Morgan fingerprint density at radius 1 is 1.45 bits per heavy atom. The van der Waals surface area contributed by atoms with Gasteiger partial charge >= 0.3 is 5.97 Å². The number of carbonyl (C=O) groups is 3. The molecule has 1 unspecified atom stereocenters. The molecule has 2 amide bonds. The van der Waals surface area contributed by atoms with E-state index in [1.165, 1.54) is 34.9 Å². The van der Waals surface area contributed by atoms with Crippen molar-refractivity contribution >= 4 is 29.5 Å². The quantitative estimate of drug-likeness (QED) is 0.410. The van der Waals surface area contributed by atoms with Crippen LogP contribution in [-0.2, 0) is 21.0 Å². The predicted octanol–water partition coefficient (Wildman–Crippen LogP) is 0.199. The third-order valence-corrected chi connectivity index (χ3v) is 6.09. The Bertz CT molecular complexity index is 929. The van der Waals surface area contributed by atoms with Crippen LogP contribution in [0.1, 0.15) is 24.1 Å². The van der Waals surface area contributed by atoms with Crippen LogP contribution in [0, 0.1) is 0 Å². The van der Waals surface area contributed by atoms with Gasteiger partial charge in [-0.05, 0) is 24.1 Å². The Hall–Kier alpha value is -2.82. The summed E-state index contributed by atoms with van der Waals surface area (Å²) in [6.45, 7) is 1.41. The first kappa shape index (κ1) is 20.9. The van der Waals surface area contributed by atoms with Crippen LogP contribution in [0.2, 0.25) is 0 Å². The summed E-state index contributed by atoms with van der Waals surface area (Å²) in [5.41, 5.74) is 7.03. The smallest absolute Gasteiger partial charge is 0.352 e. The van der Waals surface area contributed by atoms with Gasteiger partial charge in [-0.2, -0.15) is 0 Å². The van der Waals surface area contributed by atoms with Crippen LogP contribution in [0.3, 0.4) is 0 Å². The predicted molar refractivity (Wildman–Crippen MR) is 105 cm³/mol. The van der Waals surface area contributed by atoms with Gasteiger partial charge in [0, 0.05) is 11.3 Å². The molecule has 1 saturated heterocycles. The largest absolute Gasteiger partial charge is 0.508 e. The van der Waals surface area contributed by atoms with Gasteiger partial charge in [-0.25, -0.2) is 4.79 Å². The molecule has 0 aliphatic carbocycles. The number of phenols is 1. The highest BCUT2D eigenvalue weighted by Gasteiger charge is 2.54. The molecule has 2 aliphatic heterocycles. The van der Waals surface area contributed by atoms with Crippen LogP contribution < -0.4 is 11.1 Å². The molecule has 29 heavy (non-hydrogen) atoms. The van der Waals surface area contributed by atoms with Crippen LogP contribution in [0.15, 0.2) is 41.6 Å². The van der Waals surface area contributed by atoms with Gasteiger partial charge < -0.3 is 26.4 Å². The average molecular weight is 419 g/mol. The molecule has 0 radical (unpaired) electrons. The van der Waals surface area contributed by atoms with Crippen molar-refractivity contribution in [3.63, 3.8) is 0 Å². The number of aromatic hydroxyl groups is 1. The minimum atomic E-state index is -1.20. The number of amides is 2. The molecule has 1 aromatic rings. The van der Waals surface area contributed by atoms with E-state index in [4.69, 9.17) is 10.8 Å². The first-order chi connectivity index (χ1) is 13.8. The third-order valence-electron chi connectivity index (χ3n) is 4.79. The molecule has 9 nitrogen and oxygen atoms in total. The lowest BCUT2D eigenvalue weighted by Gasteiger charge is -2.49. The number of hydrogen-bond acceptors (Lipinski definition) is 7. The number of carboxylic acids is 1. The van der Waals surface area contributed by atoms with E-state index in [0.717, 1.165) is 0 Å². The number of β-lactam (4-membered cyclic amide) rings is 1. The van der Waals surface area contributed by atoms with E-state index in [2.05, 4.69) is 5.32 Å². The van der Waals surface area contributed by atoms with Crippen LogP contribution in [0.25, 0.3) is 0 Å². The Morgan fingerprint density at radius 3 is 2.76 bits per heavy atom. The fraction of sp³-hybridized carbons (Fsp3) is 0.316. The molecule has 3 rings (SSSR count). The number of nitrogens with zero attached hydrogens (tertiary/aromatic N) is 1. The van der Waals surface area contributed by atoms with Crippen LogP contribution >= 0.6 is 11.8 Å². The summed E-state index contributed by atoms with van der Waals surface area (Å²) in [5, 5.41) is 30.5. The summed E-state index contributed by atoms with van der Waals surface area (Å²) >= 11 is 1.36.